The van der Waals surface area contributed by atoms with Gasteiger partial charge >= 0.3 is 18.3 Å². The number of aryl methyl sites for hydroxylation is 4. The molecular formula is C66H95N11O12Si. The zero-order valence-electron chi connectivity index (χ0n) is 56.1. The Hall–Kier alpha value is -7.83. The van der Waals surface area contributed by atoms with Gasteiger partial charge in [-0.2, -0.15) is 0 Å². The van der Waals surface area contributed by atoms with Crippen LogP contribution in [0.25, 0.3) is 45.3 Å². The highest BCUT2D eigenvalue weighted by Crippen LogP contribution is 2.39. The summed E-state index contributed by atoms with van der Waals surface area (Å²) in [6, 6.07) is 15.5. The number of aliphatic hydroxyl groups is 1. The Balaban J connectivity index is 0.000000268. The molecule has 6 heterocycles. The number of likely N-dealkylation sites (tertiary alicyclic amines) is 2. The average Bonchev–Trinajstić information content (AvgIpc) is 1.56. The van der Waals surface area contributed by atoms with Crippen molar-refractivity contribution in [2.45, 2.75) is 177 Å². The number of aliphatic hydroxyl groups excluding tert-OH is 1. The number of anilines is 2. The van der Waals surface area contributed by atoms with E-state index in [0.717, 1.165) is 94.1 Å². The third kappa shape index (κ3) is 18.2. The summed E-state index contributed by atoms with van der Waals surface area (Å²) >= 11 is 0. The summed E-state index contributed by atoms with van der Waals surface area (Å²) in [5.41, 5.74) is 7.39. The minimum absolute atomic E-state index is 0.0402. The molecule has 24 heteroatoms. The lowest BCUT2D eigenvalue weighted by atomic mass is 10.0. The van der Waals surface area contributed by atoms with E-state index in [-0.39, 0.29) is 42.5 Å². The first-order valence-corrected chi connectivity index (χ1v) is 34.0. The smallest absolute Gasteiger partial charge is 0.410 e. The molecule has 2 aliphatic rings. The molecule has 2 saturated heterocycles. The van der Waals surface area contributed by atoms with Gasteiger partial charge in [-0.05, 0) is 137 Å². The molecule has 0 radical (unpaired) electrons. The van der Waals surface area contributed by atoms with Crippen molar-refractivity contribution in [3.05, 3.63) is 82.6 Å². The standard InChI is InChI=1S/C38H58N6O7Si.C28H37N5O5/c1-24-32(31-25(2)42-50-26(31)3)40-34(41-33(24)39-28-17-19-44(20-18-28)36(46)47-11)27-15-14-16-29(21-27)48-23-30(51-52(12,13)38(7,8)9)22-43(10)35(45)49-37(4,5)6;1-6-8-22(34)16-37-23-10-7-9-20(15-23)27-30-25(24-18(3)32-38-19(24)4)17(2)26(31-27)29-21-11-13-33(14-12-21)28(35)36-5/h14-16,21,28,30H,17-20,22-23H2,1-13H3,(H,39,40,41);7,9-10,15,21-22,34H,6,8,11-14,16H2,1-5H3,(H,29,30,31)/t30-;22-/m00/s1. The molecule has 0 unspecified atom stereocenters. The van der Waals surface area contributed by atoms with E-state index in [1.807, 2.05) is 118 Å². The minimum Gasteiger partial charge on any atom is -0.491 e. The van der Waals surface area contributed by atoms with E-state index in [0.29, 0.717) is 79.6 Å². The van der Waals surface area contributed by atoms with E-state index >= 15 is 0 Å². The molecule has 3 amide bonds. The highest BCUT2D eigenvalue weighted by molar-refractivity contribution is 6.74. The van der Waals surface area contributed by atoms with E-state index in [2.05, 4.69) is 54.8 Å². The van der Waals surface area contributed by atoms with Gasteiger partial charge in [0.2, 0.25) is 0 Å². The molecule has 4 aromatic heterocycles. The minimum atomic E-state index is -2.23. The first-order chi connectivity index (χ1) is 42.5. The topological polar surface area (TPSA) is 264 Å². The SMILES string of the molecule is CCC[C@H](O)COc1cccc(-c2nc(NC3CCN(C(=O)OC)CC3)c(C)c(-c3c(C)noc3C)n2)c1.COC(=O)N1CCC(Nc2nc(-c3cccc(OC[C@H](CN(C)C(=O)OC(C)(C)C)O[Si](C)(C)C(C)(C)C)c3)nc(-c3c(C)noc3C)c2C)CC1. The van der Waals surface area contributed by atoms with Crippen LogP contribution in [-0.2, 0) is 18.6 Å². The van der Waals surface area contributed by atoms with Crippen molar-refractivity contribution in [2.75, 3.05) is 77.8 Å². The Morgan fingerprint density at radius 2 is 1.12 bits per heavy atom. The largest absolute Gasteiger partial charge is 0.491 e. The van der Waals surface area contributed by atoms with E-state index in [9.17, 15) is 19.5 Å². The molecule has 2 aromatic carbocycles. The first kappa shape index (κ1) is 69.6. The van der Waals surface area contributed by atoms with Gasteiger partial charge in [0.1, 0.15) is 53.5 Å². The second-order valence-electron chi connectivity index (χ2n) is 25.9. The number of methoxy groups -OCH3 is 2. The van der Waals surface area contributed by atoms with Crippen molar-refractivity contribution < 1.29 is 56.6 Å². The number of hydrogen-bond acceptors (Lipinski definition) is 20. The van der Waals surface area contributed by atoms with E-state index < -0.39 is 32.2 Å². The maximum absolute atomic E-state index is 12.9. The van der Waals surface area contributed by atoms with Crippen LogP contribution in [0.15, 0.2) is 57.6 Å². The van der Waals surface area contributed by atoms with Crippen LogP contribution in [0, 0.1) is 41.5 Å². The maximum atomic E-state index is 12.9. The predicted octanol–water partition coefficient (Wildman–Crippen LogP) is 12.9. The Morgan fingerprint density at radius 1 is 0.689 bits per heavy atom. The highest BCUT2D eigenvalue weighted by Gasteiger charge is 2.40. The van der Waals surface area contributed by atoms with Gasteiger partial charge < -0.3 is 67.6 Å². The highest BCUT2D eigenvalue weighted by atomic mass is 28.4. The molecule has 3 N–H and O–H groups in total. The lowest BCUT2D eigenvalue weighted by Gasteiger charge is -2.40. The van der Waals surface area contributed by atoms with Gasteiger partial charge in [0.05, 0.1) is 66.9 Å². The van der Waals surface area contributed by atoms with E-state index in [1.54, 1.807) is 21.7 Å². The molecular weight excluding hydrogens is 1170 g/mol. The van der Waals surface area contributed by atoms with Crippen molar-refractivity contribution in [2.24, 2.45) is 0 Å². The van der Waals surface area contributed by atoms with Gasteiger partial charge in [0, 0.05) is 67.6 Å². The van der Waals surface area contributed by atoms with Crippen LogP contribution in [0.5, 0.6) is 11.5 Å². The average molecular weight is 1260 g/mol. The molecule has 90 heavy (non-hydrogen) atoms. The number of carbonyl (C=O) groups is 3. The molecule has 0 aliphatic carbocycles. The van der Waals surface area contributed by atoms with Crippen LogP contribution in [0.2, 0.25) is 18.1 Å². The monoisotopic (exact) mass is 1260 g/mol. The van der Waals surface area contributed by atoms with Crippen LogP contribution in [0.3, 0.4) is 0 Å². The van der Waals surface area contributed by atoms with E-state index in [4.69, 9.17) is 57.1 Å². The second kappa shape index (κ2) is 30.3. The number of likely N-dealkylation sites (N-methyl/N-ethyl adjacent to an activating group) is 1. The van der Waals surface area contributed by atoms with Crippen molar-refractivity contribution in [1.82, 2.24) is 44.9 Å². The molecule has 0 saturated carbocycles. The zero-order chi connectivity index (χ0) is 65.8. The fourth-order valence-corrected chi connectivity index (χ4v) is 11.8. The summed E-state index contributed by atoms with van der Waals surface area (Å²) in [7, 11) is 2.30. The molecule has 8 rings (SSSR count). The van der Waals surface area contributed by atoms with Crippen molar-refractivity contribution in [1.29, 1.82) is 0 Å². The fraction of sp³-hybridized carbons (Fsp3) is 0.561. The fourth-order valence-electron chi connectivity index (χ4n) is 10.4. The maximum Gasteiger partial charge on any atom is 0.410 e. The Kier molecular flexibility index (Phi) is 23.5. The molecule has 0 spiro atoms. The molecule has 6 aromatic rings. The molecule has 2 fully saturated rings. The van der Waals surface area contributed by atoms with Crippen LogP contribution >= 0.6 is 0 Å². The van der Waals surface area contributed by atoms with Crippen molar-refractivity contribution in [3.63, 3.8) is 0 Å². The third-order valence-electron chi connectivity index (χ3n) is 16.5. The number of hydrogen-bond donors (Lipinski definition) is 3. The summed E-state index contributed by atoms with van der Waals surface area (Å²) in [4.78, 5) is 61.8. The number of benzene rings is 2. The quantitative estimate of drug-likeness (QED) is 0.0474. The summed E-state index contributed by atoms with van der Waals surface area (Å²) in [6.45, 7) is 33.2. The van der Waals surface area contributed by atoms with Crippen LogP contribution in [-0.4, -0.2) is 174 Å². The molecule has 2 atom stereocenters. The number of nitrogens with one attached hydrogen (secondary N) is 2. The zero-order valence-corrected chi connectivity index (χ0v) is 57.1. The van der Waals surface area contributed by atoms with Gasteiger partial charge in [-0.1, -0.05) is 68.7 Å². The summed E-state index contributed by atoms with van der Waals surface area (Å²) in [5, 5.41) is 25.6. The molecule has 490 valence electrons. The van der Waals surface area contributed by atoms with Crippen molar-refractivity contribution in [3.8, 4) is 56.8 Å². The lowest BCUT2D eigenvalue weighted by Crippen LogP contribution is -2.49. The van der Waals surface area contributed by atoms with Crippen molar-refractivity contribution >= 4 is 38.2 Å². The van der Waals surface area contributed by atoms with E-state index in [1.165, 1.54) is 14.2 Å². The van der Waals surface area contributed by atoms with Crippen LogP contribution in [0.4, 0.5) is 26.0 Å². The molecule has 0 bridgehead atoms. The number of ether oxygens (including phenoxy) is 5. The third-order valence-corrected chi connectivity index (χ3v) is 21.0. The number of aromatic nitrogens is 6. The summed E-state index contributed by atoms with van der Waals surface area (Å²) in [6.07, 6.45) is 2.70. The van der Waals surface area contributed by atoms with Crippen LogP contribution in [0.1, 0.15) is 121 Å². The number of carbonyl (C=O) groups excluding carboxylic acids is 3. The van der Waals surface area contributed by atoms with Gasteiger partial charge in [-0.15, -0.1) is 0 Å². The Morgan fingerprint density at radius 3 is 1.50 bits per heavy atom. The first-order valence-electron chi connectivity index (χ1n) is 31.1. The lowest BCUT2D eigenvalue weighted by molar-refractivity contribution is 0.0172. The Labute approximate surface area is 531 Å². The predicted molar refractivity (Wildman–Crippen MR) is 348 cm³/mol. The molecule has 2 aliphatic heterocycles. The van der Waals surface area contributed by atoms with Gasteiger partial charge in [0.15, 0.2) is 20.0 Å². The summed E-state index contributed by atoms with van der Waals surface area (Å²) in [5.74, 6) is 5.11. The number of nitrogens with zero attached hydrogens (tertiary/aromatic N) is 9. The number of piperidine rings is 2. The summed E-state index contributed by atoms with van der Waals surface area (Å²) < 4.78 is 45.4. The van der Waals surface area contributed by atoms with Crippen LogP contribution < -0.4 is 20.1 Å². The Bertz CT molecular complexity index is 3360. The normalized spacial score (nSPS) is 14.9. The van der Waals surface area contributed by atoms with Gasteiger partial charge in [-0.3, -0.25) is 0 Å². The molecule has 23 nitrogen and oxygen atoms in total. The second-order valence-corrected chi connectivity index (χ2v) is 30.6. The van der Waals surface area contributed by atoms with Gasteiger partial charge in [0.25, 0.3) is 0 Å². The number of rotatable bonds is 20. The van der Waals surface area contributed by atoms with Gasteiger partial charge in [-0.25, -0.2) is 34.3 Å². The number of amides is 3.